The molecular weight excluding hydrogens is 433 g/mol. The van der Waals surface area contributed by atoms with Crippen LogP contribution in [0.5, 0.6) is 5.75 Å². The quantitative estimate of drug-likeness (QED) is 0.370. The van der Waals surface area contributed by atoms with Crippen LogP contribution in [0.1, 0.15) is 42.0 Å². The summed E-state index contributed by atoms with van der Waals surface area (Å²) in [6, 6.07) is 16.7. The van der Waals surface area contributed by atoms with E-state index in [1.807, 2.05) is 31.2 Å². The van der Waals surface area contributed by atoms with Crippen molar-refractivity contribution in [1.82, 2.24) is 9.55 Å². The molecule has 34 heavy (non-hydrogen) atoms. The van der Waals surface area contributed by atoms with E-state index in [9.17, 15) is 9.18 Å². The maximum absolute atomic E-state index is 13.7. The maximum atomic E-state index is 13.7. The van der Waals surface area contributed by atoms with E-state index >= 15 is 0 Å². The number of nitrogens with one attached hydrogen (secondary N) is 1. The summed E-state index contributed by atoms with van der Waals surface area (Å²) in [5, 5.41) is 3.47. The van der Waals surface area contributed by atoms with E-state index in [0.29, 0.717) is 25.1 Å². The minimum atomic E-state index is -0.350. The lowest BCUT2D eigenvalue weighted by Crippen LogP contribution is -2.11. The largest absolute Gasteiger partial charge is 0.489 e. The molecule has 1 atom stereocenters. The molecule has 0 saturated carbocycles. The third-order valence-corrected chi connectivity index (χ3v) is 6.24. The monoisotopic (exact) mass is 459 g/mol. The number of carbonyl (C=O) groups is 1. The zero-order valence-corrected chi connectivity index (χ0v) is 19.4. The van der Waals surface area contributed by atoms with Crippen molar-refractivity contribution >= 4 is 22.7 Å². The molecule has 0 aliphatic carbocycles. The second-order valence-electron chi connectivity index (χ2n) is 8.44. The molecule has 0 spiro atoms. The Morgan fingerprint density at radius 1 is 1.21 bits per heavy atom. The summed E-state index contributed by atoms with van der Waals surface area (Å²) in [5.41, 5.74) is 6.60. The highest BCUT2D eigenvalue weighted by atomic mass is 19.1. The number of hydrogen-bond acceptors (Lipinski definition) is 5. The highest BCUT2D eigenvalue weighted by molar-refractivity contribution is 5.79. The molecule has 0 unspecified atom stereocenters. The van der Waals surface area contributed by atoms with Gasteiger partial charge < -0.3 is 14.8 Å². The summed E-state index contributed by atoms with van der Waals surface area (Å²) in [6.45, 7) is 6.75. The number of benzene rings is 3. The van der Waals surface area contributed by atoms with Gasteiger partial charge in [0, 0.05) is 36.3 Å². The Hall–Kier alpha value is -3.87. The fourth-order valence-electron chi connectivity index (χ4n) is 4.41. The van der Waals surface area contributed by atoms with Crippen molar-refractivity contribution < 1.29 is 18.7 Å². The van der Waals surface area contributed by atoms with Gasteiger partial charge in [0.05, 0.1) is 16.7 Å². The molecule has 0 amide bonds. The summed E-state index contributed by atoms with van der Waals surface area (Å²) in [7, 11) is 0. The molecule has 1 N–H and O–H groups in total. The molecule has 0 bridgehead atoms. The van der Waals surface area contributed by atoms with Crippen LogP contribution >= 0.6 is 0 Å². The highest BCUT2D eigenvalue weighted by Gasteiger charge is 2.27. The van der Waals surface area contributed by atoms with Gasteiger partial charge in [0.25, 0.3) is 0 Å². The Kier molecular flexibility index (Phi) is 5.69. The van der Waals surface area contributed by atoms with Crippen LogP contribution in [-0.2, 0) is 16.1 Å². The number of hydrogen-bond donors (Lipinski definition) is 1. The third kappa shape index (κ3) is 3.98. The van der Waals surface area contributed by atoms with Crippen molar-refractivity contribution in [3.63, 3.8) is 0 Å². The van der Waals surface area contributed by atoms with Crippen LogP contribution in [0.15, 0.2) is 54.6 Å². The Morgan fingerprint density at radius 3 is 2.88 bits per heavy atom. The number of carbonyl (C=O) groups excluding carboxylic acids is 1. The lowest BCUT2D eigenvalue weighted by Gasteiger charge is -2.16. The van der Waals surface area contributed by atoms with Crippen molar-refractivity contribution in [3.8, 4) is 11.4 Å². The summed E-state index contributed by atoms with van der Waals surface area (Å²) < 4.78 is 26.9. The summed E-state index contributed by atoms with van der Waals surface area (Å²) in [6.07, 6.45) is -0.00744. The summed E-state index contributed by atoms with van der Waals surface area (Å²) in [4.78, 5) is 16.2. The molecule has 4 aromatic rings. The number of ether oxygens (including phenoxy) is 2. The minimum absolute atomic E-state index is 0.231. The van der Waals surface area contributed by atoms with Crippen molar-refractivity contribution in [2.75, 3.05) is 11.9 Å². The Morgan fingerprint density at radius 2 is 2.06 bits per heavy atom. The van der Waals surface area contributed by atoms with Gasteiger partial charge in [-0.2, -0.15) is 0 Å². The first kappa shape index (κ1) is 21.9. The number of aromatic nitrogens is 2. The van der Waals surface area contributed by atoms with E-state index in [0.717, 1.165) is 45.2 Å². The van der Waals surface area contributed by atoms with Gasteiger partial charge in [0.1, 0.15) is 24.0 Å². The van der Waals surface area contributed by atoms with Crippen LogP contribution in [0.2, 0.25) is 0 Å². The second kappa shape index (κ2) is 8.82. The predicted molar refractivity (Wildman–Crippen MR) is 129 cm³/mol. The molecule has 7 heteroatoms. The van der Waals surface area contributed by atoms with E-state index < -0.39 is 0 Å². The molecule has 1 aromatic heterocycles. The second-order valence-corrected chi connectivity index (χ2v) is 8.44. The van der Waals surface area contributed by atoms with Gasteiger partial charge in [0.2, 0.25) is 0 Å². The van der Waals surface area contributed by atoms with Crippen molar-refractivity contribution in [2.24, 2.45) is 0 Å². The predicted octanol–water partition coefficient (Wildman–Crippen LogP) is 5.78. The molecule has 1 aliphatic rings. The SMILES string of the molecule is CCC(=O)O[C@@H]1COc2cc(NCc3cccc(-n4c(C)nc5cc(F)ccc54)c3C)ccc21. The number of rotatable bonds is 6. The molecule has 0 radical (unpaired) electrons. The first-order chi connectivity index (χ1) is 16.4. The number of aryl methyl sites for hydroxylation is 1. The molecule has 3 aromatic carbocycles. The topological polar surface area (TPSA) is 65.4 Å². The van der Waals surface area contributed by atoms with Gasteiger partial charge in [-0.1, -0.05) is 19.1 Å². The van der Waals surface area contributed by atoms with Crippen LogP contribution in [-0.4, -0.2) is 22.1 Å². The molecule has 2 heterocycles. The zero-order valence-electron chi connectivity index (χ0n) is 19.4. The third-order valence-electron chi connectivity index (χ3n) is 6.24. The van der Waals surface area contributed by atoms with Crippen LogP contribution < -0.4 is 10.1 Å². The van der Waals surface area contributed by atoms with E-state index in [4.69, 9.17) is 9.47 Å². The highest BCUT2D eigenvalue weighted by Crippen LogP contribution is 2.37. The number of nitrogens with zero attached hydrogens (tertiary/aromatic N) is 2. The standard InChI is InChI=1S/C27H26FN3O3/c1-4-27(32)34-26-15-33-25-13-20(9-10-21(25)26)29-14-18-6-5-7-23(16(18)2)31-17(3)30-22-12-19(28)8-11-24(22)31/h5-13,26,29H,4,14-15H2,1-3H3/t26-/m1/s1. The molecule has 0 saturated heterocycles. The number of esters is 1. The molecular formula is C27H26FN3O3. The molecule has 174 valence electrons. The lowest BCUT2D eigenvalue weighted by molar-refractivity contribution is -0.149. The normalized spacial score (nSPS) is 14.6. The molecule has 1 aliphatic heterocycles. The van der Waals surface area contributed by atoms with Crippen LogP contribution in [0, 0.1) is 19.7 Å². The van der Waals surface area contributed by atoms with E-state index in [1.165, 1.54) is 12.1 Å². The lowest BCUT2D eigenvalue weighted by atomic mass is 10.1. The number of anilines is 1. The Balaban J connectivity index is 1.37. The van der Waals surface area contributed by atoms with Gasteiger partial charge in [-0.3, -0.25) is 9.36 Å². The maximum Gasteiger partial charge on any atom is 0.306 e. The van der Waals surface area contributed by atoms with Gasteiger partial charge in [-0.15, -0.1) is 0 Å². The Labute approximate surface area is 197 Å². The molecule has 6 nitrogen and oxygen atoms in total. The smallest absolute Gasteiger partial charge is 0.306 e. The van der Waals surface area contributed by atoms with Crippen LogP contribution in [0.25, 0.3) is 16.7 Å². The van der Waals surface area contributed by atoms with E-state index in [2.05, 4.69) is 33.9 Å². The zero-order chi connectivity index (χ0) is 23.8. The van der Waals surface area contributed by atoms with E-state index in [-0.39, 0.29) is 17.9 Å². The van der Waals surface area contributed by atoms with Crippen molar-refractivity contribution in [1.29, 1.82) is 0 Å². The van der Waals surface area contributed by atoms with Crippen molar-refractivity contribution in [3.05, 3.63) is 82.9 Å². The van der Waals surface area contributed by atoms with E-state index in [1.54, 1.807) is 13.0 Å². The minimum Gasteiger partial charge on any atom is -0.489 e. The summed E-state index contributed by atoms with van der Waals surface area (Å²) >= 11 is 0. The number of fused-ring (bicyclic) bond motifs is 2. The fourth-order valence-corrected chi connectivity index (χ4v) is 4.41. The summed E-state index contributed by atoms with van der Waals surface area (Å²) in [5.74, 6) is 1.02. The number of imidazole rings is 1. The first-order valence-electron chi connectivity index (χ1n) is 11.4. The number of halogens is 1. The molecule has 0 fully saturated rings. The fraction of sp³-hybridized carbons (Fsp3) is 0.259. The van der Waals surface area contributed by atoms with Crippen LogP contribution in [0.3, 0.4) is 0 Å². The van der Waals surface area contributed by atoms with Gasteiger partial charge in [-0.05, 0) is 55.3 Å². The average Bonchev–Trinajstić information content (AvgIpc) is 3.37. The van der Waals surface area contributed by atoms with Crippen LogP contribution in [0.4, 0.5) is 10.1 Å². The Bertz CT molecular complexity index is 1400. The van der Waals surface area contributed by atoms with Gasteiger partial charge in [-0.25, -0.2) is 9.37 Å². The van der Waals surface area contributed by atoms with Gasteiger partial charge in [0.15, 0.2) is 6.10 Å². The molecule has 5 rings (SSSR count). The average molecular weight is 460 g/mol. The van der Waals surface area contributed by atoms with Gasteiger partial charge >= 0.3 is 5.97 Å². The first-order valence-corrected chi connectivity index (χ1v) is 11.4. The van der Waals surface area contributed by atoms with Crippen molar-refractivity contribution in [2.45, 2.75) is 39.8 Å².